The summed E-state index contributed by atoms with van der Waals surface area (Å²) in [5.41, 5.74) is 9.91. The third-order valence-corrected chi connectivity index (χ3v) is 7.89. The Kier molecular flexibility index (Phi) is 8.04. The van der Waals surface area contributed by atoms with Crippen molar-refractivity contribution in [2.24, 2.45) is 28.9 Å². The van der Waals surface area contributed by atoms with Crippen LogP contribution in [0.3, 0.4) is 0 Å². The van der Waals surface area contributed by atoms with Gasteiger partial charge in [0.05, 0.1) is 0 Å². The number of hydrogen-bond donors (Lipinski definition) is 2. The summed E-state index contributed by atoms with van der Waals surface area (Å²) in [6.07, 6.45) is 16.4. The van der Waals surface area contributed by atoms with Crippen LogP contribution >= 0.6 is 0 Å². The molecule has 0 amide bonds. The van der Waals surface area contributed by atoms with Gasteiger partial charge in [-0.05, 0) is 56.8 Å². The highest BCUT2D eigenvalue weighted by Gasteiger charge is 2.51. The quantitative estimate of drug-likeness (QED) is 0.424. The molecular formula is C25H46N2. The topological polar surface area (TPSA) is 38.0 Å². The van der Waals surface area contributed by atoms with Gasteiger partial charge in [-0.1, -0.05) is 71.6 Å². The van der Waals surface area contributed by atoms with E-state index >= 15 is 0 Å². The third-order valence-electron chi connectivity index (χ3n) is 7.89. The average Bonchev–Trinajstić information content (AvgIpc) is 3.20. The summed E-state index contributed by atoms with van der Waals surface area (Å²) in [4.78, 5) is 0. The number of allylic oxidation sites excluding steroid dienone is 3. The van der Waals surface area contributed by atoms with Crippen LogP contribution in [0.15, 0.2) is 23.4 Å². The minimum atomic E-state index is 0.0658. The first-order valence-corrected chi connectivity index (χ1v) is 11.7. The minimum absolute atomic E-state index is 0.0658. The number of nitrogens with two attached hydrogens (primary N) is 1. The first-order chi connectivity index (χ1) is 12.9. The van der Waals surface area contributed by atoms with Gasteiger partial charge >= 0.3 is 0 Å². The smallest absolute Gasteiger partial charge is 0.0410 e. The SMILES string of the molecule is CCCC(CN)(C1CCCC1)C(C)(CC)NC1=CC(CC)C=C(C(C)C)C1. The van der Waals surface area contributed by atoms with Crippen LogP contribution in [0.2, 0.25) is 0 Å². The van der Waals surface area contributed by atoms with Crippen molar-refractivity contribution in [1.82, 2.24) is 5.32 Å². The van der Waals surface area contributed by atoms with E-state index < -0.39 is 0 Å². The maximum Gasteiger partial charge on any atom is 0.0410 e. The zero-order valence-electron chi connectivity index (χ0n) is 19.0. The highest BCUT2D eigenvalue weighted by atomic mass is 15.0. The molecule has 1 fully saturated rings. The molecule has 27 heavy (non-hydrogen) atoms. The van der Waals surface area contributed by atoms with Gasteiger partial charge in [-0.2, -0.15) is 0 Å². The van der Waals surface area contributed by atoms with Gasteiger partial charge in [-0.15, -0.1) is 0 Å². The summed E-state index contributed by atoms with van der Waals surface area (Å²) in [6.45, 7) is 14.9. The van der Waals surface area contributed by atoms with Crippen LogP contribution in [0.5, 0.6) is 0 Å². The Morgan fingerprint density at radius 1 is 1.15 bits per heavy atom. The van der Waals surface area contributed by atoms with Crippen molar-refractivity contribution in [2.45, 2.75) is 105 Å². The summed E-state index contributed by atoms with van der Waals surface area (Å²) >= 11 is 0. The van der Waals surface area contributed by atoms with E-state index in [0.29, 0.717) is 11.8 Å². The van der Waals surface area contributed by atoms with Crippen LogP contribution in [0, 0.1) is 23.2 Å². The number of nitrogens with one attached hydrogen (secondary N) is 1. The van der Waals surface area contributed by atoms with Crippen LogP contribution in [0.25, 0.3) is 0 Å². The molecule has 156 valence electrons. The molecule has 2 heteroatoms. The number of hydrogen-bond acceptors (Lipinski definition) is 2. The van der Waals surface area contributed by atoms with Crippen molar-refractivity contribution in [3.05, 3.63) is 23.4 Å². The van der Waals surface area contributed by atoms with Gasteiger partial charge in [0, 0.05) is 29.6 Å². The largest absolute Gasteiger partial charge is 0.383 e. The molecule has 1 saturated carbocycles. The third kappa shape index (κ3) is 4.63. The minimum Gasteiger partial charge on any atom is -0.383 e. The average molecular weight is 375 g/mol. The number of rotatable bonds is 10. The van der Waals surface area contributed by atoms with E-state index in [-0.39, 0.29) is 11.0 Å². The summed E-state index contributed by atoms with van der Waals surface area (Å²) < 4.78 is 0. The van der Waals surface area contributed by atoms with Crippen molar-refractivity contribution in [2.75, 3.05) is 6.54 Å². The molecule has 0 saturated heterocycles. The maximum atomic E-state index is 6.60. The van der Waals surface area contributed by atoms with Gasteiger partial charge in [0.15, 0.2) is 0 Å². The lowest BCUT2D eigenvalue weighted by molar-refractivity contribution is 0.0289. The fourth-order valence-corrected chi connectivity index (χ4v) is 5.91. The van der Waals surface area contributed by atoms with Gasteiger partial charge in [0.2, 0.25) is 0 Å². The van der Waals surface area contributed by atoms with E-state index in [9.17, 15) is 0 Å². The molecule has 2 aliphatic rings. The van der Waals surface area contributed by atoms with E-state index in [4.69, 9.17) is 5.73 Å². The van der Waals surface area contributed by atoms with Crippen LogP contribution < -0.4 is 11.1 Å². The van der Waals surface area contributed by atoms with Gasteiger partial charge in [0.25, 0.3) is 0 Å². The molecule has 2 aliphatic carbocycles. The Hall–Kier alpha value is -0.760. The predicted octanol–water partition coefficient (Wildman–Crippen LogP) is 6.58. The van der Waals surface area contributed by atoms with Crippen molar-refractivity contribution in [3.63, 3.8) is 0 Å². The summed E-state index contributed by atoms with van der Waals surface area (Å²) in [6, 6.07) is 0. The molecule has 2 nitrogen and oxygen atoms in total. The Morgan fingerprint density at radius 3 is 2.30 bits per heavy atom. The molecule has 3 N–H and O–H groups in total. The first-order valence-electron chi connectivity index (χ1n) is 11.7. The second-order valence-corrected chi connectivity index (χ2v) is 9.74. The van der Waals surface area contributed by atoms with Crippen molar-refractivity contribution in [1.29, 1.82) is 0 Å². The standard InChI is InChI=1S/C25H46N2/c1-7-14-25(18-26,22-12-10-11-13-22)24(6,9-3)27-23-16-20(8-2)15-21(17-23)19(4)5/h15-16,19-20,22,27H,7-14,17-18,26H2,1-6H3. The second-order valence-electron chi connectivity index (χ2n) is 9.74. The molecule has 0 aliphatic heterocycles. The molecule has 0 bridgehead atoms. The van der Waals surface area contributed by atoms with E-state index in [0.717, 1.165) is 25.3 Å². The Balaban J connectivity index is 2.34. The molecule has 0 aromatic heterocycles. The van der Waals surface area contributed by atoms with Gasteiger partial charge in [-0.3, -0.25) is 0 Å². The van der Waals surface area contributed by atoms with Crippen LogP contribution in [0.4, 0.5) is 0 Å². The molecule has 0 heterocycles. The molecule has 3 atom stereocenters. The highest BCUT2D eigenvalue weighted by Crippen LogP contribution is 2.51. The van der Waals surface area contributed by atoms with Gasteiger partial charge < -0.3 is 11.1 Å². The van der Waals surface area contributed by atoms with Gasteiger partial charge in [0.1, 0.15) is 0 Å². The molecular weight excluding hydrogens is 328 g/mol. The monoisotopic (exact) mass is 374 g/mol. The summed E-state index contributed by atoms with van der Waals surface area (Å²) in [5.74, 6) is 1.97. The van der Waals surface area contributed by atoms with E-state index in [1.807, 2.05) is 0 Å². The van der Waals surface area contributed by atoms with Crippen LogP contribution in [0.1, 0.15) is 99.3 Å². The van der Waals surface area contributed by atoms with E-state index in [2.05, 4.69) is 59.0 Å². The molecule has 0 aromatic carbocycles. The van der Waals surface area contributed by atoms with Crippen molar-refractivity contribution >= 4 is 0 Å². The molecule has 0 spiro atoms. The van der Waals surface area contributed by atoms with Crippen LogP contribution in [-0.2, 0) is 0 Å². The summed E-state index contributed by atoms with van der Waals surface area (Å²) in [7, 11) is 0. The van der Waals surface area contributed by atoms with Crippen molar-refractivity contribution in [3.8, 4) is 0 Å². The second kappa shape index (κ2) is 9.63. The molecule has 0 aromatic rings. The highest BCUT2D eigenvalue weighted by molar-refractivity contribution is 5.27. The Bertz CT molecular complexity index is 526. The Labute approximate surface area is 169 Å². The van der Waals surface area contributed by atoms with Gasteiger partial charge in [-0.25, -0.2) is 0 Å². The molecule has 3 unspecified atom stereocenters. The van der Waals surface area contributed by atoms with Crippen LogP contribution in [-0.4, -0.2) is 12.1 Å². The van der Waals surface area contributed by atoms with E-state index in [1.54, 1.807) is 5.57 Å². The summed E-state index contributed by atoms with van der Waals surface area (Å²) in [5, 5.41) is 4.12. The lowest BCUT2D eigenvalue weighted by Crippen LogP contribution is -2.61. The lowest BCUT2D eigenvalue weighted by Gasteiger charge is -2.53. The predicted molar refractivity (Wildman–Crippen MR) is 120 cm³/mol. The normalized spacial score (nSPS) is 25.7. The fraction of sp³-hybridized carbons (Fsp3) is 0.840. The molecule has 0 radical (unpaired) electrons. The molecule has 2 rings (SSSR count). The fourth-order valence-electron chi connectivity index (χ4n) is 5.91. The Morgan fingerprint density at radius 2 is 1.81 bits per heavy atom. The first kappa shape index (κ1) is 22.5. The van der Waals surface area contributed by atoms with E-state index in [1.165, 1.54) is 50.6 Å². The zero-order chi connectivity index (χ0) is 20.1. The van der Waals surface area contributed by atoms with Crippen molar-refractivity contribution < 1.29 is 0 Å². The zero-order valence-corrected chi connectivity index (χ0v) is 19.0. The maximum absolute atomic E-state index is 6.60. The lowest BCUT2D eigenvalue weighted by atomic mass is 9.58.